The maximum atomic E-state index is 12.9. The lowest BCUT2D eigenvalue weighted by Gasteiger charge is -2.05. The van der Waals surface area contributed by atoms with Crippen LogP contribution >= 0.6 is 0 Å². The predicted molar refractivity (Wildman–Crippen MR) is 63.7 cm³/mol. The third-order valence-electron chi connectivity index (χ3n) is 2.16. The average Bonchev–Trinajstić information content (AvgIpc) is 2.73. The van der Waals surface area contributed by atoms with Crippen molar-refractivity contribution in [2.75, 3.05) is 11.9 Å². The molecule has 0 bridgehead atoms. The molecule has 5 nitrogen and oxygen atoms in total. The summed E-state index contributed by atoms with van der Waals surface area (Å²) in [5.41, 5.74) is 0.398. The number of aromatic nitrogens is 2. The summed E-state index contributed by atoms with van der Waals surface area (Å²) in [6.45, 7) is -0.151. The van der Waals surface area contributed by atoms with Crippen molar-refractivity contribution in [3.05, 3.63) is 42.5 Å². The number of nitrogens with zero attached hydrogens (tertiary/aromatic N) is 2. The van der Waals surface area contributed by atoms with E-state index >= 15 is 0 Å². The van der Waals surface area contributed by atoms with Gasteiger partial charge in [0.25, 0.3) is 5.91 Å². The molecule has 0 spiro atoms. The molecule has 0 aliphatic carbocycles. The quantitative estimate of drug-likeness (QED) is 0.895. The number of anilines is 1. The van der Waals surface area contributed by atoms with Gasteiger partial charge in [-0.15, -0.1) is 0 Å². The maximum absolute atomic E-state index is 12.9. The molecule has 6 heteroatoms. The molecule has 94 valence electrons. The van der Waals surface area contributed by atoms with Gasteiger partial charge in [0.15, 0.2) is 12.4 Å². The SMILES string of the molecule is Cn1cc(OCC(=O)Nc2cccc(F)c2)cn1. The van der Waals surface area contributed by atoms with Gasteiger partial charge in [-0.3, -0.25) is 9.48 Å². The van der Waals surface area contributed by atoms with Gasteiger partial charge in [0, 0.05) is 12.7 Å². The van der Waals surface area contributed by atoms with Crippen molar-refractivity contribution in [3.63, 3.8) is 0 Å². The number of rotatable bonds is 4. The normalized spacial score (nSPS) is 10.1. The summed E-state index contributed by atoms with van der Waals surface area (Å²) in [6, 6.07) is 5.67. The summed E-state index contributed by atoms with van der Waals surface area (Å²) in [5.74, 6) is -0.252. The zero-order chi connectivity index (χ0) is 13.0. The Labute approximate surface area is 103 Å². The number of carbonyl (C=O) groups is 1. The second-order valence-electron chi connectivity index (χ2n) is 3.70. The lowest BCUT2D eigenvalue weighted by atomic mass is 10.3. The van der Waals surface area contributed by atoms with Crippen LogP contribution in [0.5, 0.6) is 5.75 Å². The standard InChI is InChI=1S/C12H12FN3O2/c1-16-7-11(6-14-16)18-8-12(17)15-10-4-2-3-9(13)5-10/h2-7H,8H2,1H3,(H,15,17). The van der Waals surface area contributed by atoms with Crippen LogP contribution < -0.4 is 10.1 Å². The number of nitrogens with one attached hydrogen (secondary N) is 1. The minimum atomic E-state index is -0.402. The highest BCUT2D eigenvalue weighted by Gasteiger charge is 2.05. The van der Waals surface area contributed by atoms with Gasteiger partial charge in [0.2, 0.25) is 0 Å². The number of hydrogen-bond acceptors (Lipinski definition) is 3. The van der Waals surface area contributed by atoms with Crippen LogP contribution in [0.4, 0.5) is 10.1 Å². The highest BCUT2D eigenvalue weighted by atomic mass is 19.1. The zero-order valence-corrected chi connectivity index (χ0v) is 9.76. The van der Waals surface area contributed by atoms with E-state index in [1.54, 1.807) is 24.0 Å². The molecular weight excluding hydrogens is 237 g/mol. The van der Waals surface area contributed by atoms with Gasteiger partial charge in [0.1, 0.15) is 5.82 Å². The number of benzene rings is 1. The fourth-order valence-corrected chi connectivity index (χ4v) is 1.39. The molecule has 1 heterocycles. The van der Waals surface area contributed by atoms with Crippen molar-refractivity contribution in [1.29, 1.82) is 0 Å². The van der Waals surface area contributed by atoms with E-state index in [4.69, 9.17) is 4.74 Å². The van der Waals surface area contributed by atoms with Crippen molar-refractivity contribution in [1.82, 2.24) is 9.78 Å². The summed E-state index contributed by atoms with van der Waals surface area (Å²) < 4.78 is 19.6. The number of halogens is 1. The number of amides is 1. The van der Waals surface area contributed by atoms with Gasteiger partial charge in [-0.1, -0.05) is 6.07 Å². The first-order valence-electron chi connectivity index (χ1n) is 5.30. The number of aryl methyl sites for hydroxylation is 1. The molecule has 0 fully saturated rings. The van der Waals surface area contributed by atoms with Gasteiger partial charge in [-0.25, -0.2) is 4.39 Å². The predicted octanol–water partition coefficient (Wildman–Crippen LogP) is 1.58. The van der Waals surface area contributed by atoms with E-state index in [1.165, 1.54) is 24.4 Å². The lowest BCUT2D eigenvalue weighted by Crippen LogP contribution is -2.20. The van der Waals surface area contributed by atoms with E-state index in [0.717, 1.165) is 0 Å². The topological polar surface area (TPSA) is 56.1 Å². The van der Waals surface area contributed by atoms with Gasteiger partial charge in [-0.2, -0.15) is 5.10 Å². The van der Waals surface area contributed by atoms with Crippen molar-refractivity contribution < 1.29 is 13.9 Å². The first-order valence-corrected chi connectivity index (χ1v) is 5.30. The van der Waals surface area contributed by atoms with Crippen LogP contribution in [0.3, 0.4) is 0 Å². The molecule has 2 rings (SSSR count). The molecule has 0 aliphatic rings. The highest BCUT2D eigenvalue weighted by Crippen LogP contribution is 2.10. The second-order valence-corrected chi connectivity index (χ2v) is 3.70. The molecule has 18 heavy (non-hydrogen) atoms. The third kappa shape index (κ3) is 3.31. The Balaban J connectivity index is 1.85. The second kappa shape index (κ2) is 5.31. The van der Waals surface area contributed by atoms with Crippen LogP contribution in [0, 0.1) is 5.82 Å². The number of hydrogen-bond donors (Lipinski definition) is 1. The summed E-state index contributed by atoms with van der Waals surface area (Å²) in [6.07, 6.45) is 3.16. The van der Waals surface area contributed by atoms with Crippen LogP contribution in [-0.4, -0.2) is 22.3 Å². The minimum absolute atomic E-state index is 0.151. The van der Waals surface area contributed by atoms with E-state index in [0.29, 0.717) is 11.4 Å². The van der Waals surface area contributed by atoms with Crippen LogP contribution in [0.1, 0.15) is 0 Å². The van der Waals surface area contributed by atoms with E-state index in [-0.39, 0.29) is 12.5 Å². The molecule has 0 saturated carbocycles. The van der Waals surface area contributed by atoms with Crippen molar-refractivity contribution >= 4 is 11.6 Å². The molecule has 0 atom stereocenters. The van der Waals surface area contributed by atoms with Gasteiger partial charge >= 0.3 is 0 Å². The summed E-state index contributed by atoms with van der Waals surface area (Å²) in [5, 5.41) is 6.43. The Hall–Kier alpha value is -2.37. The summed E-state index contributed by atoms with van der Waals surface area (Å²) in [7, 11) is 1.75. The van der Waals surface area contributed by atoms with Crippen molar-refractivity contribution in [3.8, 4) is 5.75 Å². The molecule has 1 N–H and O–H groups in total. The Morgan fingerprint density at radius 3 is 3.06 bits per heavy atom. The third-order valence-corrected chi connectivity index (χ3v) is 2.16. The zero-order valence-electron chi connectivity index (χ0n) is 9.76. The molecule has 0 aliphatic heterocycles. The Morgan fingerprint density at radius 2 is 2.39 bits per heavy atom. The Bertz CT molecular complexity index is 554. The summed E-state index contributed by atoms with van der Waals surface area (Å²) in [4.78, 5) is 11.5. The molecule has 0 saturated heterocycles. The molecule has 0 radical (unpaired) electrons. The molecule has 2 aromatic rings. The summed E-state index contributed by atoms with van der Waals surface area (Å²) >= 11 is 0. The first-order chi connectivity index (χ1) is 8.63. The average molecular weight is 249 g/mol. The van der Waals surface area contributed by atoms with Gasteiger partial charge in [-0.05, 0) is 18.2 Å². The van der Waals surface area contributed by atoms with Crippen LogP contribution in [0.25, 0.3) is 0 Å². The Morgan fingerprint density at radius 1 is 1.56 bits per heavy atom. The minimum Gasteiger partial charge on any atom is -0.480 e. The lowest BCUT2D eigenvalue weighted by molar-refractivity contribution is -0.118. The number of ether oxygens (including phenoxy) is 1. The van der Waals surface area contributed by atoms with Crippen LogP contribution in [0.15, 0.2) is 36.7 Å². The van der Waals surface area contributed by atoms with Crippen LogP contribution in [-0.2, 0) is 11.8 Å². The van der Waals surface area contributed by atoms with Crippen molar-refractivity contribution in [2.45, 2.75) is 0 Å². The van der Waals surface area contributed by atoms with Gasteiger partial charge < -0.3 is 10.1 Å². The van der Waals surface area contributed by atoms with E-state index < -0.39 is 5.82 Å². The molecule has 0 unspecified atom stereocenters. The smallest absolute Gasteiger partial charge is 0.262 e. The largest absolute Gasteiger partial charge is 0.480 e. The van der Waals surface area contributed by atoms with Crippen LogP contribution in [0.2, 0.25) is 0 Å². The van der Waals surface area contributed by atoms with Gasteiger partial charge in [0.05, 0.1) is 12.4 Å². The first kappa shape index (κ1) is 12.1. The highest BCUT2D eigenvalue weighted by molar-refractivity contribution is 5.91. The number of carbonyl (C=O) groups excluding carboxylic acids is 1. The van der Waals surface area contributed by atoms with E-state index in [2.05, 4.69) is 10.4 Å². The van der Waals surface area contributed by atoms with E-state index in [9.17, 15) is 9.18 Å². The maximum Gasteiger partial charge on any atom is 0.262 e. The molecular formula is C12H12FN3O2. The van der Waals surface area contributed by atoms with Crippen molar-refractivity contribution in [2.24, 2.45) is 7.05 Å². The fraction of sp³-hybridized carbons (Fsp3) is 0.167. The van der Waals surface area contributed by atoms with E-state index in [1.807, 2.05) is 0 Å². The molecule has 1 amide bonds. The molecule has 1 aromatic carbocycles. The molecule has 1 aromatic heterocycles. The monoisotopic (exact) mass is 249 g/mol. The fourth-order valence-electron chi connectivity index (χ4n) is 1.39. The Kier molecular flexibility index (Phi) is 3.57.